The Balaban J connectivity index is 1.78. The minimum atomic E-state index is -0.774. The summed E-state index contributed by atoms with van der Waals surface area (Å²) in [6.45, 7) is 8.12. The van der Waals surface area contributed by atoms with Crippen LogP contribution in [0.15, 0.2) is 42.5 Å². The summed E-state index contributed by atoms with van der Waals surface area (Å²) in [7, 11) is 0. The van der Waals surface area contributed by atoms with E-state index in [1.54, 1.807) is 0 Å². The molecule has 5 nitrogen and oxygen atoms in total. The van der Waals surface area contributed by atoms with Gasteiger partial charge in [0.2, 0.25) is 5.91 Å². The number of aliphatic hydroxyl groups is 1. The molecule has 2 rings (SSSR count). The van der Waals surface area contributed by atoms with E-state index in [4.69, 9.17) is 9.47 Å². The molecule has 1 atom stereocenters. The van der Waals surface area contributed by atoms with E-state index in [2.05, 4.69) is 5.32 Å². The number of nitrogens with one attached hydrogen (secondary N) is 1. The van der Waals surface area contributed by atoms with E-state index >= 15 is 0 Å². The van der Waals surface area contributed by atoms with Gasteiger partial charge < -0.3 is 19.9 Å². The summed E-state index contributed by atoms with van der Waals surface area (Å²) in [5.41, 5.74) is 2.91. The van der Waals surface area contributed by atoms with Gasteiger partial charge in [0, 0.05) is 6.54 Å². The monoisotopic (exact) mass is 371 g/mol. The van der Waals surface area contributed by atoms with Gasteiger partial charge in [-0.2, -0.15) is 0 Å². The van der Waals surface area contributed by atoms with E-state index in [0.29, 0.717) is 0 Å². The lowest BCUT2D eigenvalue weighted by atomic mass is 10.1. The van der Waals surface area contributed by atoms with Crippen molar-refractivity contribution in [1.29, 1.82) is 0 Å². The summed E-state index contributed by atoms with van der Waals surface area (Å²) in [6, 6.07) is 13.4. The van der Waals surface area contributed by atoms with Crippen LogP contribution in [0.2, 0.25) is 0 Å². The Morgan fingerprint density at radius 3 is 2.44 bits per heavy atom. The van der Waals surface area contributed by atoms with Gasteiger partial charge in [-0.05, 0) is 56.5 Å². The van der Waals surface area contributed by atoms with Crippen LogP contribution in [-0.2, 0) is 11.2 Å². The van der Waals surface area contributed by atoms with Crippen LogP contribution in [0.1, 0.15) is 30.5 Å². The van der Waals surface area contributed by atoms with Crippen molar-refractivity contribution in [2.24, 2.45) is 0 Å². The van der Waals surface area contributed by atoms with Crippen LogP contribution < -0.4 is 14.8 Å². The minimum Gasteiger partial charge on any atom is -0.491 e. The maximum Gasteiger partial charge on any atom is 0.224 e. The molecule has 0 aliphatic rings. The molecule has 1 amide bonds. The Morgan fingerprint density at radius 1 is 1.11 bits per heavy atom. The molecule has 146 valence electrons. The van der Waals surface area contributed by atoms with Crippen LogP contribution in [0.5, 0.6) is 11.5 Å². The third kappa shape index (κ3) is 6.94. The van der Waals surface area contributed by atoms with Crippen molar-refractivity contribution >= 4 is 5.91 Å². The van der Waals surface area contributed by atoms with Crippen molar-refractivity contribution in [3.8, 4) is 11.5 Å². The van der Waals surface area contributed by atoms with Crippen molar-refractivity contribution in [3.05, 3.63) is 59.2 Å². The third-order valence-corrected chi connectivity index (χ3v) is 4.00. The summed E-state index contributed by atoms with van der Waals surface area (Å²) >= 11 is 0. The molecule has 0 saturated carbocycles. The Morgan fingerprint density at radius 2 is 1.78 bits per heavy atom. The predicted octanol–water partition coefficient (Wildman–Crippen LogP) is 3.19. The number of ether oxygens (including phenoxy) is 2. The molecular weight excluding hydrogens is 342 g/mol. The van der Waals surface area contributed by atoms with Gasteiger partial charge >= 0.3 is 0 Å². The fourth-order valence-electron chi connectivity index (χ4n) is 2.75. The molecule has 2 N–H and O–H groups in total. The van der Waals surface area contributed by atoms with Gasteiger partial charge in [-0.3, -0.25) is 4.79 Å². The van der Waals surface area contributed by atoms with E-state index in [0.717, 1.165) is 28.2 Å². The van der Waals surface area contributed by atoms with E-state index in [9.17, 15) is 9.90 Å². The van der Waals surface area contributed by atoms with Crippen LogP contribution in [0, 0.1) is 13.8 Å². The van der Waals surface area contributed by atoms with Gasteiger partial charge in [-0.15, -0.1) is 0 Å². The highest BCUT2D eigenvalue weighted by atomic mass is 16.5. The number of hydrogen-bond donors (Lipinski definition) is 2. The number of carbonyl (C=O) groups is 1. The van der Waals surface area contributed by atoms with Crippen molar-refractivity contribution in [2.75, 3.05) is 13.2 Å². The fraction of sp³-hybridized carbons (Fsp3) is 0.409. The second kappa shape index (κ2) is 9.97. The molecule has 0 aliphatic carbocycles. The maximum atomic E-state index is 12.1. The predicted molar refractivity (Wildman–Crippen MR) is 106 cm³/mol. The average Bonchev–Trinajstić information content (AvgIpc) is 2.59. The molecule has 0 radical (unpaired) electrons. The lowest BCUT2D eigenvalue weighted by Crippen LogP contribution is -2.36. The van der Waals surface area contributed by atoms with Gasteiger partial charge in [0.25, 0.3) is 0 Å². The number of rotatable bonds is 9. The van der Waals surface area contributed by atoms with Gasteiger partial charge in [-0.1, -0.05) is 30.3 Å². The largest absolute Gasteiger partial charge is 0.491 e. The van der Waals surface area contributed by atoms with E-state index in [1.165, 1.54) is 0 Å². The number of para-hydroxylation sites is 1. The molecule has 0 aliphatic heterocycles. The van der Waals surface area contributed by atoms with Gasteiger partial charge in [0.15, 0.2) is 0 Å². The molecule has 5 heteroatoms. The normalized spacial score (nSPS) is 11.9. The lowest BCUT2D eigenvalue weighted by Gasteiger charge is -2.16. The standard InChI is InChI=1S/C22H29NO4/c1-15(2)27-20-10-6-9-18(11-20)12-21(25)23-13-19(24)14-26-22-16(3)7-5-8-17(22)4/h5-11,15,19,24H,12-14H2,1-4H3,(H,23,25). The molecule has 0 saturated heterocycles. The Hall–Kier alpha value is -2.53. The minimum absolute atomic E-state index is 0.0844. The Kier molecular flexibility index (Phi) is 7.67. The number of benzene rings is 2. The van der Waals surface area contributed by atoms with E-state index < -0.39 is 6.10 Å². The van der Waals surface area contributed by atoms with Gasteiger partial charge in [0.05, 0.1) is 12.5 Å². The molecule has 0 heterocycles. The smallest absolute Gasteiger partial charge is 0.224 e. The first-order valence-corrected chi connectivity index (χ1v) is 9.24. The molecule has 27 heavy (non-hydrogen) atoms. The summed E-state index contributed by atoms with van der Waals surface area (Å²) in [5, 5.41) is 12.8. The first kappa shape index (κ1) is 20.8. The lowest BCUT2D eigenvalue weighted by molar-refractivity contribution is -0.121. The summed E-state index contributed by atoms with van der Waals surface area (Å²) < 4.78 is 11.4. The van der Waals surface area contributed by atoms with Crippen LogP contribution in [0.25, 0.3) is 0 Å². The molecule has 1 unspecified atom stereocenters. The highest BCUT2D eigenvalue weighted by molar-refractivity contribution is 5.78. The van der Waals surface area contributed by atoms with Gasteiger partial charge in [0.1, 0.15) is 24.2 Å². The molecule has 0 spiro atoms. The Bertz CT molecular complexity index is 737. The van der Waals surface area contributed by atoms with Crippen molar-refractivity contribution in [1.82, 2.24) is 5.32 Å². The number of hydrogen-bond acceptors (Lipinski definition) is 4. The van der Waals surface area contributed by atoms with Crippen molar-refractivity contribution in [2.45, 2.75) is 46.3 Å². The number of aliphatic hydroxyl groups excluding tert-OH is 1. The zero-order chi connectivity index (χ0) is 19.8. The second-order valence-electron chi connectivity index (χ2n) is 6.98. The summed E-state index contributed by atoms with van der Waals surface area (Å²) in [4.78, 5) is 12.1. The molecule has 2 aromatic carbocycles. The van der Waals surface area contributed by atoms with E-state index in [-0.39, 0.29) is 31.6 Å². The van der Waals surface area contributed by atoms with Crippen LogP contribution in [0.4, 0.5) is 0 Å². The van der Waals surface area contributed by atoms with Crippen LogP contribution in [0.3, 0.4) is 0 Å². The number of carbonyl (C=O) groups excluding carboxylic acids is 1. The average molecular weight is 371 g/mol. The quantitative estimate of drug-likeness (QED) is 0.710. The van der Waals surface area contributed by atoms with Crippen molar-refractivity contribution in [3.63, 3.8) is 0 Å². The topological polar surface area (TPSA) is 67.8 Å². The molecule has 0 bridgehead atoms. The first-order valence-electron chi connectivity index (χ1n) is 9.24. The first-order chi connectivity index (χ1) is 12.8. The maximum absolute atomic E-state index is 12.1. The van der Waals surface area contributed by atoms with Gasteiger partial charge in [-0.25, -0.2) is 0 Å². The number of amides is 1. The Labute approximate surface area is 161 Å². The highest BCUT2D eigenvalue weighted by Crippen LogP contribution is 2.22. The second-order valence-corrected chi connectivity index (χ2v) is 6.98. The molecule has 0 aromatic heterocycles. The van der Waals surface area contributed by atoms with Crippen LogP contribution in [-0.4, -0.2) is 36.4 Å². The van der Waals surface area contributed by atoms with Crippen LogP contribution >= 0.6 is 0 Å². The zero-order valence-electron chi connectivity index (χ0n) is 16.5. The highest BCUT2D eigenvalue weighted by Gasteiger charge is 2.11. The third-order valence-electron chi connectivity index (χ3n) is 4.00. The summed E-state index contributed by atoms with van der Waals surface area (Å²) in [6.07, 6.45) is -0.454. The number of aryl methyl sites for hydroxylation is 2. The molecular formula is C22H29NO4. The molecule has 0 fully saturated rings. The van der Waals surface area contributed by atoms with E-state index in [1.807, 2.05) is 70.2 Å². The molecule has 2 aromatic rings. The SMILES string of the molecule is Cc1cccc(C)c1OCC(O)CNC(=O)Cc1cccc(OC(C)C)c1. The zero-order valence-corrected chi connectivity index (χ0v) is 16.5. The van der Waals surface area contributed by atoms with Crippen molar-refractivity contribution < 1.29 is 19.4 Å². The fourth-order valence-corrected chi connectivity index (χ4v) is 2.75. The summed E-state index contributed by atoms with van der Waals surface area (Å²) in [5.74, 6) is 1.38.